The van der Waals surface area contributed by atoms with Gasteiger partial charge in [0.25, 0.3) is 0 Å². The molecule has 1 aromatic carbocycles. The summed E-state index contributed by atoms with van der Waals surface area (Å²) in [6.07, 6.45) is 0.0867. The van der Waals surface area contributed by atoms with Crippen molar-refractivity contribution in [1.82, 2.24) is 0 Å². The van der Waals surface area contributed by atoms with Gasteiger partial charge in [-0.05, 0) is 12.3 Å². The molecular formula is C14H14O3. The van der Waals surface area contributed by atoms with Gasteiger partial charge in [-0.25, -0.2) is 0 Å². The molecule has 0 unspecified atom stereocenters. The molecule has 0 radical (unpaired) electrons. The van der Waals surface area contributed by atoms with Gasteiger partial charge in [-0.1, -0.05) is 38.1 Å². The smallest absolute Gasteiger partial charge is 0.198 e. The zero-order valence-corrected chi connectivity index (χ0v) is 9.90. The van der Waals surface area contributed by atoms with E-state index in [9.17, 15) is 9.59 Å². The van der Waals surface area contributed by atoms with Crippen LogP contribution in [-0.2, 0) is 4.74 Å². The Labute approximate surface area is 99.8 Å². The van der Waals surface area contributed by atoms with Gasteiger partial charge in [0, 0.05) is 11.1 Å². The number of hydrogen-bond donors (Lipinski definition) is 0. The third-order valence-corrected chi connectivity index (χ3v) is 3.47. The van der Waals surface area contributed by atoms with Crippen LogP contribution in [0.3, 0.4) is 0 Å². The van der Waals surface area contributed by atoms with E-state index in [-0.39, 0.29) is 11.6 Å². The van der Waals surface area contributed by atoms with Crippen molar-refractivity contribution >= 4 is 11.6 Å². The average molecular weight is 230 g/mol. The number of fused-ring (bicyclic) bond motifs is 2. The van der Waals surface area contributed by atoms with E-state index in [1.165, 1.54) is 0 Å². The minimum Gasteiger partial charge on any atom is -0.349 e. The first-order valence-corrected chi connectivity index (χ1v) is 5.92. The molecule has 1 heterocycles. The van der Waals surface area contributed by atoms with Gasteiger partial charge in [0.05, 0.1) is 0 Å². The van der Waals surface area contributed by atoms with E-state index in [0.29, 0.717) is 23.5 Å². The molecule has 0 bridgehead atoms. The second-order valence-electron chi connectivity index (χ2n) is 5.22. The molecule has 3 rings (SSSR count). The lowest BCUT2D eigenvalue weighted by Crippen LogP contribution is -2.37. The molecule has 0 amide bonds. The highest BCUT2D eigenvalue weighted by Crippen LogP contribution is 2.49. The first-order chi connectivity index (χ1) is 8.06. The van der Waals surface area contributed by atoms with Gasteiger partial charge < -0.3 is 4.74 Å². The highest BCUT2D eigenvalue weighted by atomic mass is 16.6. The summed E-state index contributed by atoms with van der Waals surface area (Å²) >= 11 is 0. The van der Waals surface area contributed by atoms with E-state index >= 15 is 0 Å². The normalized spacial score (nSPS) is 30.2. The summed E-state index contributed by atoms with van der Waals surface area (Å²) in [4.78, 5) is 24.5. The van der Waals surface area contributed by atoms with Crippen molar-refractivity contribution in [3.8, 4) is 0 Å². The summed E-state index contributed by atoms with van der Waals surface area (Å²) in [7, 11) is 0. The van der Waals surface area contributed by atoms with Gasteiger partial charge in [0.1, 0.15) is 0 Å². The molecule has 1 aliphatic carbocycles. The fourth-order valence-corrected chi connectivity index (χ4v) is 2.73. The highest BCUT2D eigenvalue weighted by molar-refractivity contribution is 6.22. The average Bonchev–Trinajstić information content (AvgIpc) is 3.01. The number of epoxide rings is 1. The van der Waals surface area contributed by atoms with Gasteiger partial charge in [-0.2, -0.15) is 0 Å². The van der Waals surface area contributed by atoms with Crippen LogP contribution >= 0.6 is 0 Å². The molecule has 1 aliphatic heterocycles. The molecule has 0 aromatic heterocycles. The van der Waals surface area contributed by atoms with Crippen LogP contribution in [0.5, 0.6) is 0 Å². The lowest BCUT2D eigenvalue weighted by molar-refractivity contribution is 0.0840. The molecule has 0 N–H and O–H groups in total. The Morgan fingerprint density at radius 1 is 1.24 bits per heavy atom. The second-order valence-corrected chi connectivity index (χ2v) is 5.22. The molecule has 1 aromatic rings. The van der Waals surface area contributed by atoms with Crippen molar-refractivity contribution < 1.29 is 14.3 Å². The summed E-state index contributed by atoms with van der Waals surface area (Å²) in [5.41, 5.74) is 0.186. The van der Waals surface area contributed by atoms with Crippen molar-refractivity contribution in [3.63, 3.8) is 0 Å². The van der Waals surface area contributed by atoms with Gasteiger partial charge in [-0.15, -0.1) is 0 Å². The number of hydrogen-bond acceptors (Lipinski definition) is 3. The molecule has 0 saturated carbocycles. The maximum atomic E-state index is 12.4. The van der Waals surface area contributed by atoms with Crippen LogP contribution in [0.1, 0.15) is 41.0 Å². The molecule has 3 nitrogen and oxygen atoms in total. The zero-order valence-electron chi connectivity index (χ0n) is 9.90. The van der Waals surface area contributed by atoms with Gasteiger partial charge in [0.2, 0.25) is 0 Å². The Hall–Kier alpha value is -1.48. The maximum Gasteiger partial charge on any atom is 0.198 e. The number of ether oxygens (including phenoxy) is 1. The summed E-state index contributed by atoms with van der Waals surface area (Å²) in [6, 6.07) is 6.99. The van der Waals surface area contributed by atoms with Crippen molar-refractivity contribution in [2.75, 3.05) is 0 Å². The predicted octanol–water partition coefficient (Wildman–Crippen LogP) is 2.25. The Balaban J connectivity index is 2.08. The fraction of sp³-hybridized carbons (Fsp3) is 0.429. The van der Waals surface area contributed by atoms with Crippen LogP contribution in [0.2, 0.25) is 0 Å². The van der Waals surface area contributed by atoms with E-state index in [0.717, 1.165) is 0 Å². The third kappa shape index (κ3) is 1.32. The zero-order chi connectivity index (χ0) is 12.2. The minimum absolute atomic E-state index is 0.0219. The lowest BCUT2D eigenvalue weighted by atomic mass is 9.78. The number of ketones is 2. The van der Waals surface area contributed by atoms with Crippen LogP contribution in [0, 0.1) is 5.92 Å². The number of benzene rings is 1. The van der Waals surface area contributed by atoms with Crippen LogP contribution in [-0.4, -0.2) is 23.3 Å². The summed E-state index contributed by atoms with van der Waals surface area (Å²) in [6.45, 7) is 4.07. The molecule has 88 valence electrons. The van der Waals surface area contributed by atoms with E-state index in [2.05, 4.69) is 0 Å². The van der Waals surface area contributed by atoms with Gasteiger partial charge in [-0.3, -0.25) is 9.59 Å². The predicted molar refractivity (Wildman–Crippen MR) is 62.2 cm³/mol. The standard InChI is InChI=1S/C14H14O3/c1-8(2)7-14-12(16)10-6-4-3-5-9(10)11(15)13(14)17-14/h3-6,8,13H,7H2,1-2H3/t13-,14+/m0/s1. The number of carbonyl (C=O) groups is 2. The largest absolute Gasteiger partial charge is 0.349 e. The molecular weight excluding hydrogens is 216 g/mol. The topological polar surface area (TPSA) is 46.7 Å². The molecule has 17 heavy (non-hydrogen) atoms. The molecule has 2 atom stereocenters. The third-order valence-electron chi connectivity index (χ3n) is 3.47. The van der Waals surface area contributed by atoms with Gasteiger partial charge >= 0.3 is 0 Å². The first kappa shape index (κ1) is 10.7. The number of Topliss-reactive ketones (excluding diaryl/α,β-unsaturated/α-hetero) is 2. The maximum absolute atomic E-state index is 12.4. The minimum atomic E-state index is -0.848. The van der Waals surface area contributed by atoms with Crippen molar-refractivity contribution in [2.24, 2.45) is 5.92 Å². The van der Waals surface area contributed by atoms with Crippen LogP contribution < -0.4 is 0 Å². The van der Waals surface area contributed by atoms with Crippen LogP contribution in [0.25, 0.3) is 0 Å². The second kappa shape index (κ2) is 3.26. The SMILES string of the molecule is CC(C)C[C@]12O[C@H]1C(=O)c1ccccc1C2=O. The van der Waals surface area contributed by atoms with Crippen LogP contribution in [0.15, 0.2) is 24.3 Å². The Morgan fingerprint density at radius 2 is 1.88 bits per heavy atom. The van der Waals surface area contributed by atoms with Crippen LogP contribution in [0.4, 0.5) is 0 Å². The van der Waals surface area contributed by atoms with E-state index in [4.69, 9.17) is 4.74 Å². The number of rotatable bonds is 2. The molecule has 1 fully saturated rings. The Kier molecular flexibility index (Phi) is 2.05. The summed E-state index contributed by atoms with van der Waals surface area (Å²) < 4.78 is 5.48. The molecule has 1 saturated heterocycles. The fourth-order valence-electron chi connectivity index (χ4n) is 2.73. The van der Waals surface area contributed by atoms with Crippen molar-refractivity contribution in [2.45, 2.75) is 32.0 Å². The molecule has 0 spiro atoms. The lowest BCUT2D eigenvalue weighted by Gasteiger charge is -2.19. The number of carbonyl (C=O) groups excluding carboxylic acids is 2. The highest BCUT2D eigenvalue weighted by Gasteiger charge is 2.68. The van der Waals surface area contributed by atoms with E-state index in [1.54, 1.807) is 24.3 Å². The Morgan fingerprint density at radius 3 is 2.53 bits per heavy atom. The summed E-state index contributed by atoms with van der Waals surface area (Å²) in [5.74, 6) is 0.272. The van der Waals surface area contributed by atoms with E-state index in [1.807, 2.05) is 13.8 Å². The Bertz CT molecular complexity index is 518. The summed E-state index contributed by atoms with van der Waals surface area (Å²) in [5, 5.41) is 0. The van der Waals surface area contributed by atoms with Gasteiger partial charge in [0.15, 0.2) is 23.3 Å². The molecule has 2 aliphatic rings. The first-order valence-electron chi connectivity index (χ1n) is 5.92. The van der Waals surface area contributed by atoms with Crippen molar-refractivity contribution in [1.29, 1.82) is 0 Å². The van der Waals surface area contributed by atoms with Crippen molar-refractivity contribution in [3.05, 3.63) is 35.4 Å². The molecule has 3 heteroatoms. The monoisotopic (exact) mass is 230 g/mol. The quantitative estimate of drug-likeness (QED) is 0.732. The van der Waals surface area contributed by atoms with E-state index < -0.39 is 11.7 Å².